The first-order valence-corrected chi connectivity index (χ1v) is 7.58. The van der Waals surface area contributed by atoms with E-state index in [1.165, 1.54) is 0 Å². The third-order valence-electron chi connectivity index (χ3n) is 3.82. The van der Waals surface area contributed by atoms with E-state index in [1.54, 1.807) is 0 Å². The molecule has 0 bridgehead atoms. The normalized spacial score (nSPS) is 27.1. The molecular weight excluding hydrogens is 304 g/mol. The molecule has 1 saturated heterocycles. The van der Waals surface area contributed by atoms with E-state index in [4.69, 9.17) is 0 Å². The van der Waals surface area contributed by atoms with Gasteiger partial charge in [-0.3, -0.25) is 4.79 Å². The van der Waals surface area contributed by atoms with Gasteiger partial charge in [0, 0.05) is 22.1 Å². The SMILES string of the molecule is Cc1cc(Br)cc(C(=O)NC2C(C)CCNC2C)c1. The minimum Gasteiger partial charge on any atom is -0.347 e. The number of benzene rings is 1. The molecule has 2 rings (SSSR count). The molecular formula is C15H21BrN2O. The number of rotatable bonds is 2. The van der Waals surface area contributed by atoms with E-state index < -0.39 is 0 Å². The predicted molar refractivity (Wildman–Crippen MR) is 81.4 cm³/mol. The summed E-state index contributed by atoms with van der Waals surface area (Å²) in [5, 5.41) is 6.58. The van der Waals surface area contributed by atoms with Gasteiger partial charge in [-0.15, -0.1) is 0 Å². The molecule has 1 aliphatic heterocycles. The molecule has 0 saturated carbocycles. The molecule has 0 radical (unpaired) electrons. The minimum atomic E-state index is 0.0109. The number of hydrogen-bond acceptors (Lipinski definition) is 2. The maximum Gasteiger partial charge on any atom is 0.251 e. The third kappa shape index (κ3) is 3.57. The summed E-state index contributed by atoms with van der Waals surface area (Å²) in [6.45, 7) is 7.36. The van der Waals surface area contributed by atoms with Crippen LogP contribution in [0.3, 0.4) is 0 Å². The monoisotopic (exact) mass is 324 g/mol. The highest BCUT2D eigenvalue weighted by molar-refractivity contribution is 9.10. The van der Waals surface area contributed by atoms with E-state index in [9.17, 15) is 4.79 Å². The molecule has 19 heavy (non-hydrogen) atoms. The van der Waals surface area contributed by atoms with Crippen LogP contribution in [0, 0.1) is 12.8 Å². The predicted octanol–water partition coefficient (Wildman–Crippen LogP) is 2.87. The summed E-state index contributed by atoms with van der Waals surface area (Å²) in [7, 11) is 0. The molecule has 1 aliphatic rings. The Kier molecular flexibility index (Phi) is 4.63. The van der Waals surface area contributed by atoms with Gasteiger partial charge >= 0.3 is 0 Å². The second kappa shape index (κ2) is 6.06. The fraction of sp³-hybridized carbons (Fsp3) is 0.533. The maximum atomic E-state index is 12.3. The number of hydrogen-bond donors (Lipinski definition) is 2. The molecule has 1 aromatic carbocycles. The number of carbonyl (C=O) groups is 1. The number of halogens is 1. The van der Waals surface area contributed by atoms with E-state index in [0.717, 1.165) is 28.6 Å². The number of carbonyl (C=O) groups excluding carboxylic acids is 1. The molecule has 0 aromatic heterocycles. The van der Waals surface area contributed by atoms with E-state index in [1.807, 2.05) is 25.1 Å². The molecule has 104 valence electrons. The Balaban J connectivity index is 2.11. The van der Waals surface area contributed by atoms with Crippen molar-refractivity contribution in [2.75, 3.05) is 6.54 Å². The van der Waals surface area contributed by atoms with Crippen LogP contribution in [0.4, 0.5) is 0 Å². The Hall–Kier alpha value is -0.870. The first kappa shape index (κ1) is 14.5. The van der Waals surface area contributed by atoms with Crippen LogP contribution in [0.5, 0.6) is 0 Å². The number of aryl methyl sites for hydroxylation is 1. The molecule has 0 spiro atoms. The van der Waals surface area contributed by atoms with Crippen LogP contribution < -0.4 is 10.6 Å². The standard InChI is InChI=1S/C15H21BrN2O/c1-9-6-12(8-13(16)7-9)15(19)18-14-10(2)4-5-17-11(14)3/h6-8,10-11,14,17H,4-5H2,1-3H3,(H,18,19). The maximum absolute atomic E-state index is 12.3. The average Bonchev–Trinajstić information content (AvgIpc) is 2.32. The number of nitrogens with one attached hydrogen (secondary N) is 2. The van der Waals surface area contributed by atoms with Crippen molar-refractivity contribution in [3.8, 4) is 0 Å². The summed E-state index contributed by atoms with van der Waals surface area (Å²) in [6.07, 6.45) is 1.10. The van der Waals surface area contributed by atoms with Crippen molar-refractivity contribution in [1.82, 2.24) is 10.6 Å². The van der Waals surface area contributed by atoms with E-state index >= 15 is 0 Å². The first-order valence-electron chi connectivity index (χ1n) is 6.79. The van der Waals surface area contributed by atoms with Gasteiger partial charge in [0.05, 0.1) is 0 Å². The summed E-state index contributed by atoms with van der Waals surface area (Å²) in [5.41, 5.74) is 1.80. The summed E-state index contributed by atoms with van der Waals surface area (Å²) in [5.74, 6) is 0.519. The van der Waals surface area contributed by atoms with Crippen LogP contribution in [0.25, 0.3) is 0 Å². The van der Waals surface area contributed by atoms with Crippen molar-refractivity contribution >= 4 is 21.8 Å². The number of piperidine rings is 1. The third-order valence-corrected chi connectivity index (χ3v) is 4.28. The molecule has 2 N–H and O–H groups in total. The summed E-state index contributed by atoms with van der Waals surface area (Å²) >= 11 is 3.44. The van der Waals surface area contributed by atoms with Gasteiger partial charge in [0.2, 0.25) is 0 Å². The van der Waals surface area contributed by atoms with Crippen molar-refractivity contribution in [1.29, 1.82) is 0 Å². The molecule has 3 nitrogen and oxygen atoms in total. The zero-order chi connectivity index (χ0) is 14.0. The Morgan fingerprint density at radius 2 is 2.11 bits per heavy atom. The first-order chi connectivity index (χ1) is 8.97. The number of amides is 1. The van der Waals surface area contributed by atoms with Gasteiger partial charge in [-0.05, 0) is 56.5 Å². The molecule has 1 aromatic rings. The highest BCUT2D eigenvalue weighted by Gasteiger charge is 2.28. The Bertz CT molecular complexity index is 445. The lowest BCUT2D eigenvalue weighted by Crippen LogP contribution is -2.55. The highest BCUT2D eigenvalue weighted by atomic mass is 79.9. The lowest BCUT2D eigenvalue weighted by Gasteiger charge is -2.36. The van der Waals surface area contributed by atoms with Crippen molar-refractivity contribution in [2.24, 2.45) is 5.92 Å². The fourth-order valence-corrected chi connectivity index (χ4v) is 3.32. The van der Waals surface area contributed by atoms with Crippen LogP contribution in [0.1, 0.15) is 36.2 Å². The van der Waals surface area contributed by atoms with Gasteiger partial charge in [0.25, 0.3) is 5.91 Å². The topological polar surface area (TPSA) is 41.1 Å². The van der Waals surface area contributed by atoms with Gasteiger partial charge < -0.3 is 10.6 Å². The van der Waals surface area contributed by atoms with Crippen LogP contribution in [-0.4, -0.2) is 24.5 Å². The molecule has 3 unspecified atom stereocenters. The van der Waals surface area contributed by atoms with Gasteiger partial charge in [0.15, 0.2) is 0 Å². The van der Waals surface area contributed by atoms with Crippen LogP contribution in [-0.2, 0) is 0 Å². The highest BCUT2D eigenvalue weighted by Crippen LogP contribution is 2.19. The Labute approximate surface area is 123 Å². The van der Waals surface area contributed by atoms with Crippen molar-refractivity contribution in [2.45, 2.75) is 39.3 Å². The van der Waals surface area contributed by atoms with Crippen molar-refractivity contribution in [3.05, 3.63) is 33.8 Å². The summed E-state index contributed by atoms with van der Waals surface area (Å²) in [6, 6.07) is 6.31. The molecule has 4 heteroatoms. The van der Waals surface area contributed by atoms with Crippen LogP contribution in [0.2, 0.25) is 0 Å². The molecule has 3 atom stereocenters. The molecule has 1 fully saturated rings. The second-order valence-electron chi connectivity index (χ2n) is 5.53. The second-order valence-corrected chi connectivity index (χ2v) is 6.44. The Morgan fingerprint density at radius 1 is 1.37 bits per heavy atom. The lowest BCUT2D eigenvalue weighted by atomic mass is 9.89. The summed E-state index contributed by atoms with van der Waals surface area (Å²) < 4.78 is 0.945. The average molecular weight is 325 g/mol. The molecule has 1 amide bonds. The zero-order valence-electron chi connectivity index (χ0n) is 11.7. The summed E-state index contributed by atoms with van der Waals surface area (Å²) in [4.78, 5) is 12.3. The minimum absolute atomic E-state index is 0.0109. The van der Waals surface area contributed by atoms with Crippen molar-refractivity contribution in [3.63, 3.8) is 0 Å². The van der Waals surface area contributed by atoms with Gasteiger partial charge in [-0.1, -0.05) is 22.9 Å². The van der Waals surface area contributed by atoms with Crippen LogP contribution >= 0.6 is 15.9 Å². The molecule has 0 aliphatic carbocycles. The van der Waals surface area contributed by atoms with Gasteiger partial charge in [-0.2, -0.15) is 0 Å². The van der Waals surface area contributed by atoms with Crippen molar-refractivity contribution < 1.29 is 4.79 Å². The quantitative estimate of drug-likeness (QED) is 0.878. The molecule has 1 heterocycles. The Morgan fingerprint density at radius 3 is 2.74 bits per heavy atom. The fourth-order valence-electron chi connectivity index (χ4n) is 2.71. The zero-order valence-corrected chi connectivity index (χ0v) is 13.3. The van der Waals surface area contributed by atoms with E-state index in [0.29, 0.717) is 12.0 Å². The van der Waals surface area contributed by atoms with E-state index in [-0.39, 0.29) is 11.9 Å². The lowest BCUT2D eigenvalue weighted by molar-refractivity contribution is 0.0897. The van der Waals surface area contributed by atoms with Gasteiger partial charge in [-0.25, -0.2) is 0 Å². The largest absolute Gasteiger partial charge is 0.347 e. The van der Waals surface area contributed by atoms with E-state index in [2.05, 4.69) is 40.4 Å². The van der Waals surface area contributed by atoms with Crippen LogP contribution in [0.15, 0.2) is 22.7 Å². The smallest absolute Gasteiger partial charge is 0.251 e. The van der Waals surface area contributed by atoms with Gasteiger partial charge in [0.1, 0.15) is 0 Å².